The molecule has 2 aromatic carbocycles. The Morgan fingerprint density at radius 3 is 1.29 bits per heavy atom. The van der Waals surface area contributed by atoms with E-state index in [1.807, 2.05) is 23.9 Å². The number of benzene rings is 2. The second-order valence-electron chi connectivity index (χ2n) is 3.74. The minimum absolute atomic E-state index is 1.24. The van der Waals surface area contributed by atoms with E-state index in [4.69, 9.17) is 0 Å². The van der Waals surface area contributed by atoms with Gasteiger partial charge in [-0.05, 0) is 11.1 Å². The fraction of sp³-hybridized carbons (Fsp3) is 0.125. The maximum absolute atomic E-state index is 2.20. The molecule has 1 aliphatic heterocycles. The van der Waals surface area contributed by atoms with Gasteiger partial charge >= 0.3 is 0 Å². The summed E-state index contributed by atoms with van der Waals surface area (Å²) in [7, 11) is 0. The molecule has 3 rings (SSSR count). The molecule has 0 amide bonds. The van der Waals surface area contributed by atoms with Crippen LogP contribution >= 0.6 is 11.8 Å². The van der Waals surface area contributed by atoms with Crippen molar-refractivity contribution in [1.29, 1.82) is 0 Å². The molecule has 0 aliphatic carbocycles. The lowest BCUT2D eigenvalue weighted by molar-refractivity contribution is 1.62. The first-order chi connectivity index (χ1) is 8.47. The van der Waals surface area contributed by atoms with E-state index in [2.05, 4.69) is 60.7 Å². The van der Waals surface area contributed by atoms with Gasteiger partial charge in [0.05, 0.1) is 0 Å². The van der Waals surface area contributed by atoms with Crippen LogP contribution in [0, 0.1) is 0 Å². The van der Waals surface area contributed by atoms with Crippen LogP contribution in [0.15, 0.2) is 72.8 Å². The summed E-state index contributed by atoms with van der Waals surface area (Å²) < 4.78 is 0. The number of hydrogen-bond acceptors (Lipinski definition) is 1. The smallest absolute Gasteiger partial charge is 0.0116 e. The molecule has 0 aromatic heterocycles. The summed E-state index contributed by atoms with van der Waals surface area (Å²) in [4.78, 5) is 0. The highest BCUT2D eigenvalue weighted by Gasteiger charge is 1.91. The molecular formula is C16H16S. The second kappa shape index (κ2) is 6.97. The Hall–Kier alpha value is -1.47. The first-order valence-electron chi connectivity index (χ1n) is 5.80. The van der Waals surface area contributed by atoms with Crippen molar-refractivity contribution in [3.63, 3.8) is 0 Å². The van der Waals surface area contributed by atoms with Gasteiger partial charge in [-0.2, -0.15) is 11.8 Å². The Morgan fingerprint density at radius 2 is 1.00 bits per heavy atom. The Labute approximate surface area is 107 Å². The Bertz CT molecular complexity index is 402. The largest absolute Gasteiger partial charge is 0.154 e. The molecule has 1 heteroatoms. The molecule has 0 unspecified atom stereocenters. The average Bonchev–Trinajstić information content (AvgIpc) is 3.00. The summed E-state index contributed by atoms with van der Waals surface area (Å²) in [5.74, 6) is 2.47. The standard InChI is InChI=1S/C12H10.C4H6S/c1-3-7-11(8-4-1)12-9-5-2-6-10-12;1-2-4-5-3-1/h1-10H;1-2H,3-4H2. The highest BCUT2D eigenvalue weighted by atomic mass is 32.2. The minimum Gasteiger partial charge on any atom is -0.154 e. The molecular weight excluding hydrogens is 224 g/mol. The monoisotopic (exact) mass is 240 g/mol. The topological polar surface area (TPSA) is 0 Å². The second-order valence-corrected chi connectivity index (χ2v) is 4.82. The van der Waals surface area contributed by atoms with Gasteiger partial charge in [0.25, 0.3) is 0 Å². The van der Waals surface area contributed by atoms with Gasteiger partial charge in [-0.25, -0.2) is 0 Å². The summed E-state index contributed by atoms with van der Waals surface area (Å²) >= 11 is 1.96. The third-order valence-electron chi connectivity index (χ3n) is 2.48. The van der Waals surface area contributed by atoms with E-state index in [1.54, 1.807) is 0 Å². The summed E-state index contributed by atoms with van der Waals surface area (Å²) in [6, 6.07) is 20.8. The number of rotatable bonds is 1. The lowest BCUT2D eigenvalue weighted by Crippen LogP contribution is -1.73. The van der Waals surface area contributed by atoms with Crippen LogP contribution in [-0.4, -0.2) is 11.5 Å². The van der Waals surface area contributed by atoms with Gasteiger partial charge in [0, 0.05) is 11.5 Å². The molecule has 0 radical (unpaired) electrons. The Kier molecular flexibility index (Phi) is 4.92. The lowest BCUT2D eigenvalue weighted by Gasteiger charge is -1.98. The maximum atomic E-state index is 2.20. The number of thioether (sulfide) groups is 1. The Morgan fingerprint density at radius 1 is 0.588 bits per heavy atom. The zero-order chi connectivity index (χ0) is 11.8. The van der Waals surface area contributed by atoms with Gasteiger partial charge in [-0.15, -0.1) is 0 Å². The van der Waals surface area contributed by atoms with Crippen molar-refractivity contribution >= 4 is 11.8 Å². The SMILES string of the molecule is C1=CCSC1.c1ccc(-c2ccccc2)cc1. The highest BCUT2D eigenvalue weighted by molar-refractivity contribution is 7.99. The van der Waals surface area contributed by atoms with Gasteiger partial charge in [0.15, 0.2) is 0 Å². The molecule has 0 nitrogen and oxygen atoms in total. The number of hydrogen-bond donors (Lipinski definition) is 0. The van der Waals surface area contributed by atoms with E-state index in [-0.39, 0.29) is 0 Å². The summed E-state index contributed by atoms with van der Waals surface area (Å²) in [5, 5.41) is 0. The van der Waals surface area contributed by atoms with Gasteiger partial charge in [0.1, 0.15) is 0 Å². The van der Waals surface area contributed by atoms with Crippen molar-refractivity contribution in [2.24, 2.45) is 0 Å². The highest BCUT2D eigenvalue weighted by Crippen LogP contribution is 2.17. The summed E-state index contributed by atoms with van der Waals surface area (Å²) in [6.07, 6.45) is 4.40. The quantitative estimate of drug-likeness (QED) is 0.654. The lowest BCUT2D eigenvalue weighted by atomic mass is 10.1. The predicted molar refractivity (Wildman–Crippen MR) is 78.3 cm³/mol. The molecule has 0 atom stereocenters. The van der Waals surface area contributed by atoms with Gasteiger partial charge < -0.3 is 0 Å². The van der Waals surface area contributed by atoms with Crippen LogP contribution in [0.2, 0.25) is 0 Å². The zero-order valence-corrected chi connectivity index (χ0v) is 10.6. The fourth-order valence-electron chi connectivity index (χ4n) is 1.60. The van der Waals surface area contributed by atoms with Gasteiger partial charge in [0.2, 0.25) is 0 Å². The molecule has 86 valence electrons. The van der Waals surface area contributed by atoms with Gasteiger partial charge in [-0.3, -0.25) is 0 Å². The molecule has 0 saturated carbocycles. The van der Waals surface area contributed by atoms with E-state index < -0.39 is 0 Å². The van der Waals surface area contributed by atoms with Crippen LogP contribution in [-0.2, 0) is 0 Å². The molecule has 1 heterocycles. The zero-order valence-electron chi connectivity index (χ0n) is 9.75. The van der Waals surface area contributed by atoms with Crippen LogP contribution in [0.25, 0.3) is 11.1 Å². The van der Waals surface area contributed by atoms with E-state index in [0.29, 0.717) is 0 Å². The van der Waals surface area contributed by atoms with Crippen molar-refractivity contribution in [2.75, 3.05) is 11.5 Å². The summed E-state index contributed by atoms with van der Waals surface area (Å²) in [5.41, 5.74) is 2.55. The molecule has 1 aliphatic rings. The van der Waals surface area contributed by atoms with Crippen molar-refractivity contribution in [1.82, 2.24) is 0 Å². The molecule has 0 bridgehead atoms. The molecule has 2 aromatic rings. The van der Waals surface area contributed by atoms with Crippen LogP contribution in [0.5, 0.6) is 0 Å². The first-order valence-corrected chi connectivity index (χ1v) is 6.95. The van der Waals surface area contributed by atoms with Crippen LogP contribution < -0.4 is 0 Å². The van der Waals surface area contributed by atoms with Crippen molar-refractivity contribution in [2.45, 2.75) is 0 Å². The molecule has 0 spiro atoms. The Balaban J connectivity index is 0.000000181. The predicted octanol–water partition coefficient (Wildman–Crippen LogP) is 4.64. The van der Waals surface area contributed by atoms with Crippen molar-refractivity contribution in [3.8, 4) is 11.1 Å². The third kappa shape index (κ3) is 4.12. The average molecular weight is 240 g/mol. The fourth-order valence-corrected chi connectivity index (χ4v) is 2.28. The van der Waals surface area contributed by atoms with E-state index in [1.165, 1.54) is 22.6 Å². The molecule has 0 N–H and O–H groups in total. The van der Waals surface area contributed by atoms with Gasteiger partial charge in [-0.1, -0.05) is 72.8 Å². The van der Waals surface area contributed by atoms with Crippen LogP contribution in [0.1, 0.15) is 0 Å². The molecule has 0 fully saturated rings. The first kappa shape index (κ1) is 12.0. The molecule has 17 heavy (non-hydrogen) atoms. The van der Waals surface area contributed by atoms with Crippen LogP contribution in [0.4, 0.5) is 0 Å². The van der Waals surface area contributed by atoms with Crippen molar-refractivity contribution in [3.05, 3.63) is 72.8 Å². The van der Waals surface area contributed by atoms with E-state index in [9.17, 15) is 0 Å². The summed E-state index contributed by atoms with van der Waals surface area (Å²) in [6.45, 7) is 0. The van der Waals surface area contributed by atoms with Crippen molar-refractivity contribution < 1.29 is 0 Å². The van der Waals surface area contributed by atoms with Crippen LogP contribution in [0.3, 0.4) is 0 Å². The maximum Gasteiger partial charge on any atom is 0.0116 e. The van der Waals surface area contributed by atoms with E-state index in [0.717, 1.165) is 0 Å². The van der Waals surface area contributed by atoms with E-state index >= 15 is 0 Å². The molecule has 0 saturated heterocycles. The third-order valence-corrected chi connectivity index (χ3v) is 3.33. The normalized spacial score (nSPS) is 12.9. The minimum atomic E-state index is 1.24.